The zero-order chi connectivity index (χ0) is 11.7. The molecular weight excluding hydrogens is 216 g/mol. The van der Waals surface area contributed by atoms with Gasteiger partial charge in [-0.05, 0) is 18.2 Å². The Morgan fingerprint density at radius 2 is 2.06 bits per heavy atom. The Morgan fingerprint density at radius 3 is 2.94 bits per heavy atom. The van der Waals surface area contributed by atoms with Gasteiger partial charge in [0.15, 0.2) is 0 Å². The lowest BCUT2D eigenvalue weighted by atomic mass is 10.3. The van der Waals surface area contributed by atoms with E-state index in [9.17, 15) is 0 Å². The van der Waals surface area contributed by atoms with Gasteiger partial charge in [0.2, 0.25) is 0 Å². The van der Waals surface area contributed by atoms with Crippen molar-refractivity contribution in [2.45, 2.75) is 0 Å². The zero-order valence-corrected chi connectivity index (χ0v) is 9.24. The minimum absolute atomic E-state index is 0.760. The Morgan fingerprint density at radius 1 is 1.18 bits per heavy atom. The fourth-order valence-corrected chi connectivity index (χ4v) is 1.76. The summed E-state index contributed by atoms with van der Waals surface area (Å²) in [5.74, 6) is 0.760. The molecule has 2 aromatic heterocycles. The Bertz CT molecular complexity index is 662. The van der Waals surface area contributed by atoms with Crippen LogP contribution in [0.1, 0.15) is 0 Å². The second kappa shape index (κ2) is 3.86. The zero-order valence-electron chi connectivity index (χ0n) is 9.24. The van der Waals surface area contributed by atoms with Gasteiger partial charge in [-0.3, -0.25) is 4.98 Å². The molecule has 0 radical (unpaired) electrons. The van der Waals surface area contributed by atoms with E-state index >= 15 is 0 Å². The first-order valence-corrected chi connectivity index (χ1v) is 5.19. The van der Waals surface area contributed by atoms with Crippen molar-refractivity contribution in [1.82, 2.24) is 20.0 Å². The van der Waals surface area contributed by atoms with Gasteiger partial charge in [0.1, 0.15) is 17.0 Å². The summed E-state index contributed by atoms with van der Waals surface area (Å²) in [6.07, 6.45) is 3.41. The fraction of sp³-hybridized carbons (Fsp3) is 0.0833. The maximum Gasteiger partial charge on any atom is 0.144 e. The van der Waals surface area contributed by atoms with Crippen LogP contribution in [0.15, 0.2) is 42.7 Å². The number of pyridine rings is 1. The smallest absolute Gasteiger partial charge is 0.144 e. The molecule has 3 aromatic rings. The molecule has 0 amide bonds. The van der Waals surface area contributed by atoms with Crippen LogP contribution in [0.3, 0.4) is 0 Å². The summed E-state index contributed by atoms with van der Waals surface area (Å²) in [6, 6.07) is 9.56. The number of methoxy groups -OCH3 is 1. The lowest BCUT2D eigenvalue weighted by molar-refractivity contribution is 0.412. The number of hydrogen-bond acceptors (Lipinski definition) is 4. The first-order chi connectivity index (χ1) is 8.40. The van der Waals surface area contributed by atoms with Gasteiger partial charge in [-0.1, -0.05) is 17.3 Å². The highest BCUT2D eigenvalue weighted by atomic mass is 16.5. The monoisotopic (exact) mass is 226 g/mol. The van der Waals surface area contributed by atoms with E-state index in [1.165, 1.54) is 0 Å². The molecule has 0 unspecified atom stereocenters. The standard InChI is InChI=1S/C12H10N4O/c1-17-12-5-3-2-4-11(12)16-10-6-7-13-8-9(10)14-15-16/h2-8H,1H3. The van der Waals surface area contributed by atoms with E-state index in [0.717, 1.165) is 22.5 Å². The highest BCUT2D eigenvalue weighted by Gasteiger charge is 2.09. The van der Waals surface area contributed by atoms with Gasteiger partial charge in [0.25, 0.3) is 0 Å². The summed E-state index contributed by atoms with van der Waals surface area (Å²) in [4.78, 5) is 4.02. The first-order valence-electron chi connectivity index (χ1n) is 5.19. The molecular formula is C12H10N4O. The number of ether oxygens (including phenoxy) is 1. The summed E-state index contributed by atoms with van der Waals surface area (Å²) in [5.41, 5.74) is 2.53. The first kappa shape index (κ1) is 9.77. The molecule has 0 atom stereocenters. The van der Waals surface area contributed by atoms with E-state index in [2.05, 4.69) is 15.3 Å². The van der Waals surface area contributed by atoms with Crippen LogP contribution in [0.2, 0.25) is 0 Å². The Kier molecular flexibility index (Phi) is 2.22. The van der Waals surface area contributed by atoms with E-state index < -0.39 is 0 Å². The summed E-state index contributed by atoms with van der Waals surface area (Å²) in [5, 5.41) is 8.19. The second-order valence-corrected chi connectivity index (χ2v) is 3.54. The van der Waals surface area contributed by atoms with E-state index in [0.29, 0.717) is 0 Å². The molecule has 84 valence electrons. The molecule has 0 aliphatic rings. The molecule has 1 aromatic carbocycles. The fourth-order valence-electron chi connectivity index (χ4n) is 1.76. The maximum absolute atomic E-state index is 5.31. The van der Waals surface area contributed by atoms with E-state index in [4.69, 9.17) is 4.74 Å². The number of benzene rings is 1. The lowest BCUT2D eigenvalue weighted by Gasteiger charge is -2.07. The average molecular weight is 226 g/mol. The molecule has 3 rings (SSSR count). The van der Waals surface area contributed by atoms with Gasteiger partial charge in [-0.15, -0.1) is 5.10 Å². The van der Waals surface area contributed by atoms with Crippen molar-refractivity contribution >= 4 is 11.0 Å². The molecule has 0 fully saturated rings. The molecule has 0 saturated carbocycles. The quantitative estimate of drug-likeness (QED) is 0.668. The third-order valence-electron chi connectivity index (χ3n) is 2.56. The molecule has 0 bridgehead atoms. The Balaban J connectivity index is 2.27. The molecule has 2 heterocycles. The molecule has 5 heteroatoms. The van der Waals surface area contributed by atoms with Crippen LogP contribution in [0.5, 0.6) is 5.75 Å². The molecule has 5 nitrogen and oxygen atoms in total. The van der Waals surface area contributed by atoms with Gasteiger partial charge >= 0.3 is 0 Å². The third-order valence-corrected chi connectivity index (χ3v) is 2.56. The second-order valence-electron chi connectivity index (χ2n) is 3.54. The summed E-state index contributed by atoms with van der Waals surface area (Å²) >= 11 is 0. The van der Waals surface area contributed by atoms with E-state index in [1.807, 2.05) is 30.3 Å². The summed E-state index contributed by atoms with van der Waals surface area (Å²) in [6.45, 7) is 0. The number of hydrogen-bond donors (Lipinski definition) is 0. The molecule has 0 aliphatic heterocycles. The average Bonchev–Trinajstić information content (AvgIpc) is 2.82. The van der Waals surface area contributed by atoms with Crippen molar-refractivity contribution in [2.24, 2.45) is 0 Å². The van der Waals surface area contributed by atoms with Crippen LogP contribution < -0.4 is 4.74 Å². The Labute approximate surface area is 97.7 Å². The van der Waals surface area contributed by atoms with Crippen LogP contribution in [0, 0.1) is 0 Å². The molecule has 0 N–H and O–H groups in total. The normalized spacial score (nSPS) is 10.6. The van der Waals surface area contributed by atoms with Crippen LogP contribution in [0.4, 0.5) is 0 Å². The van der Waals surface area contributed by atoms with E-state index in [1.54, 1.807) is 24.2 Å². The van der Waals surface area contributed by atoms with Crippen LogP contribution >= 0.6 is 0 Å². The van der Waals surface area contributed by atoms with Gasteiger partial charge in [-0.25, -0.2) is 4.68 Å². The number of para-hydroxylation sites is 2. The number of fused-ring (bicyclic) bond motifs is 1. The molecule has 0 saturated heterocycles. The third kappa shape index (κ3) is 1.52. The van der Waals surface area contributed by atoms with Crippen LogP contribution in [-0.4, -0.2) is 27.1 Å². The highest BCUT2D eigenvalue weighted by molar-refractivity contribution is 5.75. The van der Waals surface area contributed by atoms with Crippen LogP contribution in [-0.2, 0) is 0 Å². The van der Waals surface area contributed by atoms with Gasteiger partial charge < -0.3 is 4.74 Å². The van der Waals surface area contributed by atoms with Crippen molar-refractivity contribution in [1.29, 1.82) is 0 Å². The maximum atomic E-state index is 5.31. The SMILES string of the molecule is COc1ccccc1-n1nnc2cnccc21. The number of rotatable bonds is 2. The minimum Gasteiger partial charge on any atom is -0.494 e. The van der Waals surface area contributed by atoms with Crippen LogP contribution in [0.25, 0.3) is 16.7 Å². The predicted octanol–water partition coefficient (Wildman–Crippen LogP) is 1.82. The van der Waals surface area contributed by atoms with Gasteiger partial charge in [-0.2, -0.15) is 0 Å². The van der Waals surface area contributed by atoms with Gasteiger partial charge in [0, 0.05) is 6.20 Å². The predicted molar refractivity (Wildman–Crippen MR) is 63.2 cm³/mol. The van der Waals surface area contributed by atoms with Gasteiger partial charge in [0.05, 0.1) is 18.8 Å². The summed E-state index contributed by atoms with van der Waals surface area (Å²) < 4.78 is 7.06. The number of aromatic nitrogens is 4. The van der Waals surface area contributed by atoms with Crippen molar-refractivity contribution in [3.63, 3.8) is 0 Å². The molecule has 17 heavy (non-hydrogen) atoms. The number of nitrogens with zero attached hydrogens (tertiary/aromatic N) is 4. The minimum atomic E-state index is 0.760. The molecule has 0 aliphatic carbocycles. The van der Waals surface area contributed by atoms with Crippen molar-refractivity contribution in [3.05, 3.63) is 42.7 Å². The molecule has 0 spiro atoms. The van der Waals surface area contributed by atoms with Crippen molar-refractivity contribution in [3.8, 4) is 11.4 Å². The van der Waals surface area contributed by atoms with Crippen molar-refractivity contribution in [2.75, 3.05) is 7.11 Å². The largest absolute Gasteiger partial charge is 0.494 e. The topological polar surface area (TPSA) is 52.8 Å². The van der Waals surface area contributed by atoms with E-state index in [-0.39, 0.29) is 0 Å². The summed E-state index contributed by atoms with van der Waals surface area (Å²) in [7, 11) is 1.64. The Hall–Kier alpha value is -2.43. The van der Waals surface area contributed by atoms with Crippen molar-refractivity contribution < 1.29 is 4.74 Å². The lowest BCUT2D eigenvalue weighted by Crippen LogP contribution is -1.99. The highest BCUT2D eigenvalue weighted by Crippen LogP contribution is 2.24.